The molecule has 2 rings (SSSR count). The molecule has 0 aromatic heterocycles. The Morgan fingerprint density at radius 3 is 2.08 bits per heavy atom. The molecule has 0 saturated heterocycles. The highest BCUT2D eigenvalue weighted by Crippen LogP contribution is 2.27. The minimum absolute atomic E-state index is 0.0758. The minimum Gasteiger partial charge on any atom is -0.494 e. The van der Waals surface area contributed by atoms with Gasteiger partial charge in [-0.2, -0.15) is 0 Å². The molecule has 0 fully saturated rings. The van der Waals surface area contributed by atoms with Crippen molar-refractivity contribution < 1.29 is 18.3 Å². The number of nitrogens with zero attached hydrogens (tertiary/aromatic N) is 1. The number of aliphatic hydroxyl groups excluding tert-OH is 1. The van der Waals surface area contributed by atoms with Crippen molar-refractivity contribution in [2.75, 3.05) is 10.9 Å². The van der Waals surface area contributed by atoms with Crippen LogP contribution in [0.2, 0.25) is 0 Å². The van der Waals surface area contributed by atoms with E-state index in [0.29, 0.717) is 18.0 Å². The molecule has 5 nitrogen and oxygen atoms in total. The van der Waals surface area contributed by atoms with Crippen molar-refractivity contribution in [3.8, 4) is 5.75 Å². The molecule has 1 N–H and O–H groups in total. The van der Waals surface area contributed by atoms with Gasteiger partial charge >= 0.3 is 0 Å². The fraction of sp³-hybridized carbons (Fsp3) is 0.333. The maximum absolute atomic E-state index is 13.0. The molecule has 0 aliphatic carbocycles. The van der Waals surface area contributed by atoms with Gasteiger partial charge in [0, 0.05) is 6.04 Å². The lowest BCUT2D eigenvalue weighted by Crippen LogP contribution is -2.37. The third-order valence-electron chi connectivity index (χ3n) is 3.53. The normalized spacial score (nSPS) is 11.5. The van der Waals surface area contributed by atoms with Crippen LogP contribution in [-0.2, 0) is 16.6 Å². The first-order valence-electron chi connectivity index (χ1n) is 7.87. The van der Waals surface area contributed by atoms with Gasteiger partial charge in [0.05, 0.1) is 23.8 Å². The van der Waals surface area contributed by atoms with Crippen molar-refractivity contribution in [3.63, 3.8) is 0 Å². The van der Waals surface area contributed by atoms with E-state index >= 15 is 0 Å². The van der Waals surface area contributed by atoms with Gasteiger partial charge in [0.1, 0.15) is 5.75 Å². The third kappa shape index (κ3) is 3.88. The first-order chi connectivity index (χ1) is 11.4. The van der Waals surface area contributed by atoms with Crippen LogP contribution >= 0.6 is 0 Å². The Hall–Kier alpha value is -2.05. The fourth-order valence-electron chi connectivity index (χ4n) is 2.45. The van der Waals surface area contributed by atoms with E-state index in [9.17, 15) is 8.42 Å². The molecule has 2 aromatic carbocycles. The molecule has 130 valence electrons. The van der Waals surface area contributed by atoms with Crippen LogP contribution in [0.4, 0.5) is 5.69 Å². The molecule has 0 spiro atoms. The number of hydrogen-bond acceptors (Lipinski definition) is 4. The van der Waals surface area contributed by atoms with Crippen LogP contribution in [0.25, 0.3) is 0 Å². The van der Waals surface area contributed by atoms with E-state index in [2.05, 4.69) is 0 Å². The van der Waals surface area contributed by atoms with Gasteiger partial charge in [-0.1, -0.05) is 12.1 Å². The number of rotatable bonds is 7. The van der Waals surface area contributed by atoms with Gasteiger partial charge in [-0.25, -0.2) is 8.42 Å². The van der Waals surface area contributed by atoms with Crippen LogP contribution in [0.1, 0.15) is 26.3 Å². The molecular formula is C18H23NO4S. The van der Waals surface area contributed by atoms with Crippen LogP contribution in [0, 0.1) is 0 Å². The van der Waals surface area contributed by atoms with Crippen molar-refractivity contribution in [2.24, 2.45) is 0 Å². The monoisotopic (exact) mass is 349 g/mol. The molecule has 0 aliphatic rings. The standard InChI is InChI=1S/C18H23NO4S/c1-4-23-17-9-11-18(12-10-17)24(21,22)19(14(2)3)16-7-5-15(13-20)6-8-16/h5-12,14,20H,4,13H2,1-3H3. The molecule has 6 heteroatoms. The van der Waals surface area contributed by atoms with Crippen molar-refractivity contribution in [3.05, 3.63) is 54.1 Å². The first-order valence-corrected chi connectivity index (χ1v) is 9.31. The lowest BCUT2D eigenvalue weighted by molar-refractivity contribution is 0.282. The summed E-state index contributed by atoms with van der Waals surface area (Å²) in [5.74, 6) is 0.639. The van der Waals surface area contributed by atoms with Crippen molar-refractivity contribution in [2.45, 2.75) is 38.3 Å². The summed E-state index contributed by atoms with van der Waals surface area (Å²) in [6.45, 7) is 5.98. The summed E-state index contributed by atoms with van der Waals surface area (Å²) in [6.07, 6.45) is 0. The predicted molar refractivity (Wildman–Crippen MR) is 94.8 cm³/mol. The maximum Gasteiger partial charge on any atom is 0.264 e. The average Bonchev–Trinajstić information content (AvgIpc) is 2.56. The van der Waals surface area contributed by atoms with E-state index < -0.39 is 10.0 Å². The number of aliphatic hydroxyl groups is 1. The molecule has 0 aliphatic heterocycles. The van der Waals surface area contributed by atoms with Crippen molar-refractivity contribution in [1.29, 1.82) is 0 Å². The second-order valence-corrected chi connectivity index (χ2v) is 7.44. The number of benzene rings is 2. The van der Waals surface area contributed by atoms with E-state index in [4.69, 9.17) is 9.84 Å². The van der Waals surface area contributed by atoms with Crippen molar-refractivity contribution >= 4 is 15.7 Å². The molecule has 0 amide bonds. The summed E-state index contributed by atoms with van der Waals surface area (Å²) in [4.78, 5) is 0.214. The summed E-state index contributed by atoms with van der Waals surface area (Å²) < 4.78 is 32.8. The van der Waals surface area contributed by atoms with Crippen LogP contribution in [0.15, 0.2) is 53.4 Å². The lowest BCUT2D eigenvalue weighted by Gasteiger charge is -2.28. The molecule has 0 atom stereocenters. The highest BCUT2D eigenvalue weighted by molar-refractivity contribution is 7.92. The Bertz CT molecular complexity index is 753. The molecule has 0 saturated carbocycles. The molecule has 0 heterocycles. The summed E-state index contributed by atoms with van der Waals surface area (Å²) >= 11 is 0. The van der Waals surface area contributed by atoms with Crippen LogP contribution in [0.5, 0.6) is 5.75 Å². The zero-order chi connectivity index (χ0) is 17.7. The first kappa shape index (κ1) is 18.3. The predicted octanol–water partition coefficient (Wildman–Crippen LogP) is 3.18. The molecule has 0 bridgehead atoms. The van der Waals surface area contributed by atoms with Crippen molar-refractivity contribution in [1.82, 2.24) is 0 Å². The summed E-state index contributed by atoms with van der Waals surface area (Å²) in [5, 5.41) is 9.14. The zero-order valence-electron chi connectivity index (χ0n) is 14.1. The largest absolute Gasteiger partial charge is 0.494 e. The van der Waals surface area contributed by atoms with E-state index in [1.54, 1.807) is 48.5 Å². The number of hydrogen-bond donors (Lipinski definition) is 1. The Balaban J connectivity index is 2.40. The Labute approximate surface area is 143 Å². The van der Waals surface area contributed by atoms with Gasteiger partial charge in [0.2, 0.25) is 0 Å². The number of anilines is 1. The second-order valence-electron chi connectivity index (χ2n) is 5.62. The number of ether oxygens (including phenoxy) is 1. The van der Waals surface area contributed by atoms with E-state index in [-0.39, 0.29) is 17.5 Å². The van der Waals surface area contributed by atoms with Gasteiger partial charge < -0.3 is 9.84 Å². The average molecular weight is 349 g/mol. The van der Waals surface area contributed by atoms with Crippen LogP contribution in [-0.4, -0.2) is 26.2 Å². The Kier molecular flexibility index (Phi) is 5.85. The van der Waals surface area contributed by atoms with Gasteiger partial charge in [-0.15, -0.1) is 0 Å². The quantitative estimate of drug-likeness (QED) is 0.834. The second kappa shape index (κ2) is 7.68. The van der Waals surface area contributed by atoms with Gasteiger partial charge in [0.15, 0.2) is 0 Å². The fourth-order valence-corrected chi connectivity index (χ4v) is 4.11. The number of sulfonamides is 1. The highest BCUT2D eigenvalue weighted by atomic mass is 32.2. The van der Waals surface area contributed by atoms with Gasteiger partial charge in [0.25, 0.3) is 10.0 Å². The van der Waals surface area contributed by atoms with Crippen LogP contribution < -0.4 is 9.04 Å². The SMILES string of the molecule is CCOc1ccc(S(=O)(=O)N(c2ccc(CO)cc2)C(C)C)cc1. The van der Waals surface area contributed by atoms with Crippen LogP contribution in [0.3, 0.4) is 0 Å². The third-order valence-corrected chi connectivity index (χ3v) is 5.55. The van der Waals surface area contributed by atoms with Gasteiger partial charge in [-0.05, 0) is 62.7 Å². The summed E-state index contributed by atoms with van der Waals surface area (Å²) in [5.41, 5.74) is 1.30. The highest BCUT2D eigenvalue weighted by Gasteiger charge is 2.27. The summed E-state index contributed by atoms with van der Waals surface area (Å²) in [6, 6.07) is 13.0. The Morgan fingerprint density at radius 2 is 1.62 bits per heavy atom. The molecule has 2 aromatic rings. The van der Waals surface area contributed by atoms with E-state index in [1.165, 1.54) is 4.31 Å². The molecule has 0 radical (unpaired) electrons. The van der Waals surface area contributed by atoms with E-state index in [1.807, 2.05) is 20.8 Å². The summed E-state index contributed by atoms with van der Waals surface area (Å²) in [7, 11) is -3.69. The smallest absolute Gasteiger partial charge is 0.264 e. The lowest BCUT2D eigenvalue weighted by atomic mass is 10.2. The minimum atomic E-state index is -3.69. The van der Waals surface area contributed by atoms with Gasteiger partial charge in [-0.3, -0.25) is 4.31 Å². The molecular weight excluding hydrogens is 326 g/mol. The molecule has 0 unspecified atom stereocenters. The Morgan fingerprint density at radius 1 is 1.04 bits per heavy atom. The zero-order valence-corrected chi connectivity index (χ0v) is 15.0. The maximum atomic E-state index is 13.0. The topological polar surface area (TPSA) is 66.8 Å². The van der Waals surface area contributed by atoms with E-state index in [0.717, 1.165) is 5.56 Å². The molecule has 24 heavy (non-hydrogen) atoms.